The maximum atomic E-state index is 13.8. The molecule has 2 amide bonds. The molecule has 39 heavy (non-hydrogen) atoms. The van der Waals surface area contributed by atoms with E-state index >= 15 is 0 Å². The second-order valence-corrected chi connectivity index (χ2v) is 11.5. The highest BCUT2D eigenvalue weighted by atomic mass is 35.5. The summed E-state index contributed by atoms with van der Waals surface area (Å²) in [6, 6.07) is 15.0. The molecule has 0 saturated carbocycles. The van der Waals surface area contributed by atoms with Crippen LogP contribution in [0.4, 0.5) is 0 Å². The number of amides is 2. The molecule has 1 aliphatic heterocycles. The first-order chi connectivity index (χ1) is 18.8. The highest BCUT2D eigenvalue weighted by molar-refractivity contribution is 6.42. The van der Waals surface area contributed by atoms with Crippen LogP contribution in [-0.4, -0.2) is 73.5 Å². The van der Waals surface area contributed by atoms with E-state index in [9.17, 15) is 9.59 Å². The number of nitrogens with one attached hydrogen (secondary N) is 2. The van der Waals surface area contributed by atoms with Crippen molar-refractivity contribution < 1.29 is 9.59 Å². The first-order valence-electron chi connectivity index (χ1n) is 14.3. The summed E-state index contributed by atoms with van der Waals surface area (Å²) < 4.78 is 0. The Morgan fingerprint density at radius 2 is 1.87 bits per heavy atom. The van der Waals surface area contributed by atoms with E-state index in [0.29, 0.717) is 41.2 Å². The highest BCUT2D eigenvalue weighted by Gasteiger charge is 2.32. The molecule has 2 aromatic rings. The van der Waals surface area contributed by atoms with Gasteiger partial charge >= 0.3 is 0 Å². The molecule has 0 bridgehead atoms. The number of carbonyl (C=O) groups is 2. The lowest BCUT2D eigenvalue weighted by molar-refractivity contribution is -0.133. The van der Waals surface area contributed by atoms with Gasteiger partial charge in [0.15, 0.2) is 0 Å². The molecule has 1 heterocycles. The van der Waals surface area contributed by atoms with Gasteiger partial charge in [-0.2, -0.15) is 0 Å². The zero-order valence-electron chi connectivity index (χ0n) is 23.6. The van der Waals surface area contributed by atoms with Crippen LogP contribution in [0.2, 0.25) is 10.0 Å². The van der Waals surface area contributed by atoms with Gasteiger partial charge in [-0.05, 0) is 69.6 Å². The van der Waals surface area contributed by atoms with Gasteiger partial charge in [0.2, 0.25) is 5.91 Å². The maximum Gasteiger partial charge on any atom is 0.251 e. The van der Waals surface area contributed by atoms with E-state index in [0.717, 1.165) is 32.4 Å². The predicted molar refractivity (Wildman–Crippen MR) is 162 cm³/mol. The van der Waals surface area contributed by atoms with Crippen molar-refractivity contribution in [1.29, 1.82) is 0 Å². The molecule has 2 aromatic carbocycles. The molecule has 2 N–H and O–H groups in total. The predicted octanol–water partition coefficient (Wildman–Crippen LogP) is 5.99. The lowest BCUT2D eigenvalue weighted by Gasteiger charge is -2.29. The van der Waals surface area contributed by atoms with E-state index in [2.05, 4.69) is 60.7 Å². The van der Waals surface area contributed by atoms with Gasteiger partial charge in [0.1, 0.15) is 0 Å². The van der Waals surface area contributed by atoms with Crippen LogP contribution < -0.4 is 10.6 Å². The van der Waals surface area contributed by atoms with Crippen LogP contribution in [0.3, 0.4) is 0 Å². The van der Waals surface area contributed by atoms with Crippen molar-refractivity contribution in [3.8, 4) is 0 Å². The third kappa shape index (κ3) is 9.78. The minimum atomic E-state index is -0.290. The highest BCUT2D eigenvalue weighted by Crippen LogP contribution is 2.24. The van der Waals surface area contributed by atoms with Crippen molar-refractivity contribution >= 4 is 35.0 Å². The summed E-state index contributed by atoms with van der Waals surface area (Å²) in [4.78, 5) is 31.0. The summed E-state index contributed by atoms with van der Waals surface area (Å²) in [5, 5.41) is 7.39. The lowest BCUT2D eigenvalue weighted by Crippen LogP contribution is -2.50. The lowest BCUT2D eigenvalue weighted by atomic mass is 9.95. The van der Waals surface area contributed by atoms with Crippen molar-refractivity contribution in [3.63, 3.8) is 0 Å². The Balaban J connectivity index is 1.68. The van der Waals surface area contributed by atoms with E-state index in [1.807, 2.05) is 11.0 Å². The zero-order valence-corrected chi connectivity index (χ0v) is 25.1. The number of unbranched alkanes of at least 4 members (excludes halogenated alkanes) is 2. The second-order valence-electron chi connectivity index (χ2n) is 10.6. The van der Waals surface area contributed by atoms with Gasteiger partial charge in [0.25, 0.3) is 5.91 Å². The van der Waals surface area contributed by atoms with Crippen molar-refractivity contribution in [3.05, 3.63) is 69.7 Å². The summed E-state index contributed by atoms with van der Waals surface area (Å²) in [5.74, 6) is 0.244. The van der Waals surface area contributed by atoms with Crippen LogP contribution in [0.1, 0.15) is 74.2 Å². The Bertz CT molecular complexity index is 1050. The van der Waals surface area contributed by atoms with E-state index < -0.39 is 0 Å². The van der Waals surface area contributed by atoms with Gasteiger partial charge < -0.3 is 20.4 Å². The fourth-order valence-electron chi connectivity index (χ4n) is 5.14. The number of carbonyl (C=O) groups excluding carboxylic acids is 2. The van der Waals surface area contributed by atoms with E-state index in [1.54, 1.807) is 18.2 Å². The molecule has 3 rings (SSSR count). The molecule has 0 unspecified atom stereocenters. The monoisotopic (exact) mass is 574 g/mol. The molecule has 6 nitrogen and oxygen atoms in total. The quantitative estimate of drug-likeness (QED) is 0.272. The molecule has 0 aromatic heterocycles. The topological polar surface area (TPSA) is 64.7 Å². The SMILES string of the molecule is CCCCCN(C)CC[C@H]1N[C@@H](CNC(=O)c2ccc(Cl)c(Cl)c2)CCN(C[C@@H](CC)c2ccccc2)C1=O. The molecule has 0 aliphatic carbocycles. The van der Waals surface area contributed by atoms with Crippen LogP contribution in [0.25, 0.3) is 0 Å². The molecule has 3 atom stereocenters. The number of hydrogen-bond acceptors (Lipinski definition) is 4. The van der Waals surface area contributed by atoms with Crippen molar-refractivity contribution in [2.75, 3.05) is 39.8 Å². The third-order valence-electron chi connectivity index (χ3n) is 7.63. The van der Waals surface area contributed by atoms with Crippen LogP contribution in [0.15, 0.2) is 48.5 Å². The third-order valence-corrected chi connectivity index (χ3v) is 8.37. The molecular formula is C31H44Cl2N4O2. The Morgan fingerprint density at radius 3 is 2.56 bits per heavy atom. The number of benzene rings is 2. The summed E-state index contributed by atoms with van der Waals surface area (Å²) in [6.07, 6.45) is 6.05. The van der Waals surface area contributed by atoms with E-state index in [1.165, 1.54) is 24.8 Å². The fraction of sp³-hybridized carbons (Fsp3) is 0.548. The van der Waals surface area contributed by atoms with Crippen LogP contribution >= 0.6 is 23.2 Å². The largest absolute Gasteiger partial charge is 0.350 e. The van der Waals surface area contributed by atoms with Gasteiger partial charge in [-0.25, -0.2) is 0 Å². The number of halogens is 2. The van der Waals surface area contributed by atoms with Crippen LogP contribution in [0, 0.1) is 0 Å². The van der Waals surface area contributed by atoms with Gasteiger partial charge in [-0.3, -0.25) is 9.59 Å². The standard InChI is InChI=1S/C31H44Cl2N4O2/c1-4-6-10-17-36(3)18-16-29-31(39)37(22-23(5-2)24-11-8-7-9-12-24)19-15-26(35-29)21-34-30(38)25-13-14-27(32)28(33)20-25/h7-9,11-14,20,23,26,29,35H,4-6,10,15-19,21-22H2,1-3H3,(H,34,38)/t23-,26-,29-/m1/s1. The average Bonchev–Trinajstić information content (AvgIpc) is 3.09. The van der Waals surface area contributed by atoms with Crippen LogP contribution in [-0.2, 0) is 4.79 Å². The Labute approximate surface area is 244 Å². The van der Waals surface area contributed by atoms with Crippen molar-refractivity contribution in [2.24, 2.45) is 0 Å². The Hall–Kier alpha value is -2.12. The molecule has 0 spiro atoms. The van der Waals surface area contributed by atoms with Gasteiger partial charge in [-0.15, -0.1) is 0 Å². The van der Waals surface area contributed by atoms with Gasteiger partial charge in [-0.1, -0.05) is 80.2 Å². The molecule has 0 radical (unpaired) electrons. The number of hydrogen-bond donors (Lipinski definition) is 2. The minimum absolute atomic E-state index is 0.0159. The zero-order chi connectivity index (χ0) is 28.2. The van der Waals surface area contributed by atoms with E-state index in [4.69, 9.17) is 23.2 Å². The fourth-order valence-corrected chi connectivity index (χ4v) is 5.44. The second kappa shape index (κ2) is 16.2. The van der Waals surface area contributed by atoms with Gasteiger partial charge in [0.05, 0.1) is 16.1 Å². The summed E-state index contributed by atoms with van der Waals surface area (Å²) in [5.41, 5.74) is 1.73. The minimum Gasteiger partial charge on any atom is -0.350 e. The normalized spacial score (nSPS) is 18.7. The molecule has 8 heteroatoms. The molecular weight excluding hydrogens is 531 g/mol. The number of rotatable bonds is 14. The molecule has 1 aliphatic rings. The van der Waals surface area contributed by atoms with Crippen molar-refractivity contribution in [2.45, 2.75) is 70.4 Å². The number of nitrogens with zero attached hydrogens (tertiary/aromatic N) is 2. The average molecular weight is 576 g/mol. The van der Waals surface area contributed by atoms with Crippen molar-refractivity contribution in [1.82, 2.24) is 20.4 Å². The Morgan fingerprint density at radius 1 is 1.10 bits per heavy atom. The first-order valence-corrected chi connectivity index (χ1v) is 15.1. The van der Waals surface area contributed by atoms with Crippen LogP contribution in [0.5, 0.6) is 0 Å². The molecule has 214 valence electrons. The summed E-state index contributed by atoms with van der Waals surface area (Å²) >= 11 is 12.1. The summed E-state index contributed by atoms with van der Waals surface area (Å²) in [6.45, 7) is 8.06. The first kappa shape index (κ1) is 31.4. The molecule has 1 fully saturated rings. The summed E-state index contributed by atoms with van der Waals surface area (Å²) in [7, 11) is 2.13. The molecule has 1 saturated heterocycles. The van der Waals surface area contributed by atoms with Gasteiger partial charge in [0, 0.05) is 37.2 Å². The smallest absolute Gasteiger partial charge is 0.251 e. The maximum absolute atomic E-state index is 13.8. The van der Waals surface area contributed by atoms with E-state index in [-0.39, 0.29) is 23.9 Å². The Kier molecular flexibility index (Phi) is 13.1.